The molecule has 4 fully saturated rings. The molecule has 23 heavy (non-hydrogen) atoms. The van der Waals surface area contributed by atoms with E-state index in [0.717, 1.165) is 18.3 Å². The fraction of sp³-hybridized carbons (Fsp3) is 0.952. The molecule has 4 atom stereocenters. The predicted octanol–water partition coefficient (Wildman–Crippen LogP) is 5.50. The van der Waals surface area contributed by atoms with E-state index in [0.29, 0.717) is 11.3 Å². The molecule has 2 bridgehead atoms. The molecule has 2 nitrogen and oxygen atoms in total. The first-order valence-corrected chi connectivity index (χ1v) is 10.1. The van der Waals surface area contributed by atoms with Gasteiger partial charge in [0.1, 0.15) is 5.60 Å². The number of esters is 1. The highest BCUT2D eigenvalue weighted by Gasteiger charge is 2.65. The van der Waals surface area contributed by atoms with Crippen LogP contribution in [0.4, 0.5) is 0 Å². The zero-order valence-corrected chi connectivity index (χ0v) is 15.3. The Balaban J connectivity index is 1.70. The van der Waals surface area contributed by atoms with Crippen molar-refractivity contribution in [3.8, 4) is 0 Å². The van der Waals surface area contributed by atoms with Gasteiger partial charge in [0.15, 0.2) is 0 Å². The van der Waals surface area contributed by atoms with Crippen LogP contribution in [0.1, 0.15) is 91.4 Å². The summed E-state index contributed by atoms with van der Waals surface area (Å²) in [5, 5.41) is 0. The van der Waals surface area contributed by atoms with Crippen LogP contribution in [0.2, 0.25) is 0 Å². The van der Waals surface area contributed by atoms with Crippen LogP contribution in [0.15, 0.2) is 0 Å². The van der Waals surface area contributed by atoms with Gasteiger partial charge in [-0.25, -0.2) is 0 Å². The van der Waals surface area contributed by atoms with E-state index in [1.807, 2.05) is 20.8 Å². The standard InChI is InChI=1S/C21H34O2/c1-19(2,3)18(22)23-21(17-14-15-7-8-16(17)13-15)12-6-11-20(21)9-4-5-10-20/h15-17H,4-14H2,1-3H3. The van der Waals surface area contributed by atoms with Crippen LogP contribution >= 0.6 is 0 Å². The second-order valence-electron chi connectivity index (χ2n) is 10.2. The number of hydrogen-bond donors (Lipinski definition) is 0. The highest BCUT2D eigenvalue weighted by Crippen LogP contribution is 2.66. The van der Waals surface area contributed by atoms with E-state index in [-0.39, 0.29) is 17.0 Å². The van der Waals surface area contributed by atoms with Crippen LogP contribution in [0, 0.1) is 28.6 Å². The fourth-order valence-electron chi connectivity index (χ4n) is 6.84. The summed E-state index contributed by atoms with van der Waals surface area (Å²) >= 11 is 0. The Hall–Kier alpha value is -0.530. The Morgan fingerprint density at radius 2 is 1.65 bits per heavy atom. The lowest BCUT2D eigenvalue weighted by Gasteiger charge is -2.50. The minimum absolute atomic E-state index is 0.0495. The van der Waals surface area contributed by atoms with Crippen LogP contribution in [0.5, 0.6) is 0 Å². The maximum Gasteiger partial charge on any atom is 0.311 e. The van der Waals surface area contributed by atoms with Gasteiger partial charge < -0.3 is 4.74 Å². The van der Waals surface area contributed by atoms with Gasteiger partial charge in [-0.15, -0.1) is 0 Å². The molecule has 0 aromatic rings. The number of ether oxygens (including phenoxy) is 1. The molecule has 4 aliphatic rings. The third-order valence-electron chi connectivity index (χ3n) is 7.89. The summed E-state index contributed by atoms with van der Waals surface area (Å²) in [6.07, 6.45) is 14.6. The number of hydrogen-bond acceptors (Lipinski definition) is 2. The van der Waals surface area contributed by atoms with Crippen LogP contribution in [-0.4, -0.2) is 11.6 Å². The molecule has 0 heterocycles. The SMILES string of the molecule is CC(C)(C)C(=O)OC1(C2CC3CCC2C3)CCCC12CCCC2. The molecule has 0 saturated heterocycles. The molecule has 0 aromatic carbocycles. The molecule has 4 aliphatic carbocycles. The van der Waals surface area contributed by atoms with Gasteiger partial charge >= 0.3 is 5.97 Å². The smallest absolute Gasteiger partial charge is 0.311 e. The molecular weight excluding hydrogens is 284 g/mol. The van der Waals surface area contributed by atoms with Crippen molar-refractivity contribution in [1.29, 1.82) is 0 Å². The lowest BCUT2D eigenvalue weighted by molar-refractivity contribution is -0.198. The van der Waals surface area contributed by atoms with Gasteiger partial charge in [-0.3, -0.25) is 4.79 Å². The van der Waals surface area contributed by atoms with Crippen molar-refractivity contribution in [2.24, 2.45) is 28.6 Å². The van der Waals surface area contributed by atoms with Crippen molar-refractivity contribution >= 4 is 5.97 Å². The van der Waals surface area contributed by atoms with E-state index in [9.17, 15) is 4.79 Å². The second kappa shape index (κ2) is 5.23. The summed E-state index contributed by atoms with van der Waals surface area (Å²) in [5.41, 5.74) is -0.177. The average molecular weight is 319 g/mol. The van der Waals surface area contributed by atoms with Crippen molar-refractivity contribution in [3.05, 3.63) is 0 Å². The molecule has 0 aromatic heterocycles. The van der Waals surface area contributed by atoms with Gasteiger partial charge in [0.05, 0.1) is 5.41 Å². The lowest BCUT2D eigenvalue weighted by atomic mass is 9.62. The Kier molecular flexibility index (Phi) is 3.63. The summed E-state index contributed by atoms with van der Waals surface area (Å²) < 4.78 is 6.60. The van der Waals surface area contributed by atoms with Gasteiger partial charge in [0.2, 0.25) is 0 Å². The summed E-state index contributed by atoms with van der Waals surface area (Å²) in [7, 11) is 0. The Morgan fingerprint density at radius 1 is 0.957 bits per heavy atom. The highest BCUT2D eigenvalue weighted by atomic mass is 16.6. The lowest BCUT2D eigenvalue weighted by Crippen LogP contribution is -2.54. The van der Waals surface area contributed by atoms with Gasteiger partial charge in [0.25, 0.3) is 0 Å². The van der Waals surface area contributed by atoms with Gasteiger partial charge in [-0.1, -0.05) is 19.3 Å². The topological polar surface area (TPSA) is 26.3 Å². The molecular formula is C21H34O2. The van der Waals surface area contributed by atoms with E-state index in [1.54, 1.807) is 0 Å². The third-order valence-corrected chi connectivity index (χ3v) is 7.89. The quantitative estimate of drug-likeness (QED) is 0.629. The molecule has 130 valence electrons. The van der Waals surface area contributed by atoms with Crippen LogP contribution in [0.3, 0.4) is 0 Å². The van der Waals surface area contributed by atoms with E-state index in [2.05, 4.69) is 0 Å². The summed E-state index contributed by atoms with van der Waals surface area (Å²) in [5.74, 6) is 2.47. The van der Waals surface area contributed by atoms with E-state index in [4.69, 9.17) is 4.74 Å². The van der Waals surface area contributed by atoms with E-state index in [1.165, 1.54) is 64.2 Å². The first-order valence-electron chi connectivity index (χ1n) is 10.1. The zero-order chi connectivity index (χ0) is 16.3. The van der Waals surface area contributed by atoms with Crippen LogP contribution < -0.4 is 0 Å². The maximum absolute atomic E-state index is 12.9. The number of rotatable bonds is 2. The Labute approximate surface area is 141 Å². The van der Waals surface area contributed by atoms with Gasteiger partial charge in [0, 0.05) is 11.3 Å². The number of carbonyl (C=O) groups is 1. The summed E-state index contributed by atoms with van der Waals surface area (Å²) in [6, 6.07) is 0. The number of fused-ring (bicyclic) bond motifs is 2. The van der Waals surface area contributed by atoms with Crippen molar-refractivity contribution in [2.75, 3.05) is 0 Å². The van der Waals surface area contributed by atoms with E-state index < -0.39 is 0 Å². The molecule has 4 saturated carbocycles. The molecule has 4 rings (SSSR count). The highest BCUT2D eigenvalue weighted by molar-refractivity contribution is 5.76. The maximum atomic E-state index is 12.9. The molecule has 0 amide bonds. The molecule has 4 unspecified atom stereocenters. The average Bonchev–Trinajstić information content (AvgIpc) is 3.25. The molecule has 0 radical (unpaired) electrons. The number of carbonyl (C=O) groups excluding carboxylic acids is 1. The third kappa shape index (κ3) is 2.30. The predicted molar refractivity (Wildman–Crippen MR) is 92.0 cm³/mol. The van der Waals surface area contributed by atoms with Crippen molar-refractivity contribution in [2.45, 2.75) is 97.0 Å². The van der Waals surface area contributed by atoms with Gasteiger partial charge in [-0.2, -0.15) is 0 Å². The van der Waals surface area contributed by atoms with Crippen molar-refractivity contribution in [3.63, 3.8) is 0 Å². The molecule has 0 N–H and O–H groups in total. The monoisotopic (exact) mass is 318 g/mol. The first-order chi connectivity index (χ1) is 10.9. The molecule has 2 heteroatoms. The minimum atomic E-state index is -0.382. The zero-order valence-electron chi connectivity index (χ0n) is 15.3. The second-order valence-corrected chi connectivity index (χ2v) is 10.2. The van der Waals surface area contributed by atoms with Crippen LogP contribution in [0.25, 0.3) is 0 Å². The van der Waals surface area contributed by atoms with Crippen molar-refractivity contribution < 1.29 is 9.53 Å². The molecule has 0 aliphatic heterocycles. The Morgan fingerprint density at radius 3 is 2.22 bits per heavy atom. The van der Waals surface area contributed by atoms with E-state index >= 15 is 0 Å². The fourth-order valence-corrected chi connectivity index (χ4v) is 6.84. The largest absolute Gasteiger partial charge is 0.458 e. The van der Waals surface area contributed by atoms with Crippen molar-refractivity contribution in [1.82, 2.24) is 0 Å². The van der Waals surface area contributed by atoms with Gasteiger partial charge in [-0.05, 0) is 84.0 Å². The summed E-state index contributed by atoms with van der Waals surface area (Å²) in [6.45, 7) is 6.04. The van der Waals surface area contributed by atoms with Crippen LogP contribution in [-0.2, 0) is 9.53 Å². The normalized spacial score (nSPS) is 41.8. The first kappa shape index (κ1) is 16.0. The Bertz CT molecular complexity index is 477. The summed E-state index contributed by atoms with van der Waals surface area (Å²) in [4.78, 5) is 12.9. The minimum Gasteiger partial charge on any atom is -0.458 e. The molecule has 1 spiro atoms.